The van der Waals surface area contributed by atoms with Crippen LogP contribution in [0.25, 0.3) is 10.6 Å². The van der Waals surface area contributed by atoms with Gasteiger partial charge in [-0.1, -0.05) is 12.1 Å². The molecule has 0 bridgehead atoms. The molecular formula is C23H17F3N4O3S2. The first-order chi connectivity index (χ1) is 16.7. The van der Waals surface area contributed by atoms with Crippen LogP contribution in [-0.4, -0.2) is 30.2 Å². The molecule has 5 rings (SSSR count). The molecule has 35 heavy (non-hydrogen) atoms. The third-order valence-electron chi connectivity index (χ3n) is 5.56. The Balaban J connectivity index is 1.54. The normalized spacial score (nSPS) is 15.8. The van der Waals surface area contributed by atoms with E-state index in [0.717, 1.165) is 12.1 Å². The van der Waals surface area contributed by atoms with Gasteiger partial charge in [0.25, 0.3) is 10.0 Å². The Kier molecular flexibility index (Phi) is 5.93. The highest BCUT2D eigenvalue weighted by atomic mass is 32.2. The van der Waals surface area contributed by atoms with E-state index in [4.69, 9.17) is 4.74 Å². The molecule has 0 aliphatic carbocycles. The Hall–Kier alpha value is -3.51. The van der Waals surface area contributed by atoms with Gasteiger partial charge < -0.3 is 4.74 Å². The van der Waals surface area contributed by atoms with Gasteiger partial charge in [-0.05, 0) is 42.3 Å². The maximum Gasteiger partial charge on any atom is 0.416 e. The Morgan fingerprint density at radius 3 is 2.60 bits per heavy atom. The molecule has 0 saturated carbocycles. The first kappa shape index (κ1) is 23.2. The van der Waals surface area contributed by atoms with Crippen molar-refractivity contribution in [3.05, 3.63) is 83.0 Å². The van der Waals surface area contributed by atoms with Crippen LogP contribution >= 0.6 is 11.3 Å². The molecule has 1 aliphatic heterocycles. The third-order valence-corrected chi connectivity index (χ3v) is 7.72. The molecule has 1 N–H and O–H groups in total. The number of nitrogens with one attached hydrogen (secondary N) is 1. The lowest BCUT2D eigenvalue weighted by atomic mass is 9.83. The van der Waals surface area contributed by atoms with E-state index in [1.165, 1.54) is 41.8 Å². The van der Waals surface area contributed by atoms with Crippen molar-refractivity contribution in [1.29, 1.82) is 0 Å². The highest BCUT2D eigenvalue weighted by Crippen LogP contribution is 2.44. The van der Waals surface area contributed by atoms with Crippen LogP contribution in [0.3, 0.4) is 0 Å². The summed E-state index contributed by atoms with van der Waals surface area (Å²) in [5, 5.41) is 9.57. The number of ether oxygens (including phenoxy) is 1. The van der Waals surface area contributed by atoms with Crippen LogP contribution in [-0.2, 0) is 16.2 Å². The number of rotatable bonds is 5. The molecule has 12 heteroatoms. The molecule has 0 saturated heterocycles. The number of anilines is 1. The van der Waals surface area contributed by atoms with Crippen molar-refractivity contribution in [3.8, 4) is 16.3 Å². The van der Waals surface area contributed by atoms with Gasteiger partial charge in [-0.3, -0.25) is 4.72 Å². The molecule has 0 amide bonds. The van der Waals surface area contributed by atoms with Gasteiger partial charge in [0.05, 0.1) is 17.1 Å². The van der Waals surface area contributed by atoms with Crippen LogP contribution in [0, 0.1) is 0 Å². The number of sulfonamides is 1. The van der Waals surface area contributed by atoms with E-state index in [1.54, 1.807) is 23.7 Å². The largest absolute Gasteiger partial charge is 0.493 e. The number of fused-ring (bicyclic) bond motifs is 1. The predicted octanol–water partition coefficient (Wildman–Crippen LogP) is 5.33. The summed E-state index contributed by atoms with van der Waals surface area (Å²) in [6, 6.07) is 11.2. The van der Waals surface area contributed by atoms with Crippen molar-refractivity contribution in [2.24, 2.45) is 0 Å². The molecule has 1 unspecified atom stereocenters. The molecule has 0 radical (unpaired) electrons. The van der Waals surface area contributed by atoms with Gasteiger partial charge in [-0.2, -0.15) is 18.3 Å². The van der Waals surface area contributed by atoms with Crippen LogP contribution in [0.1, 0.15) is 29.0 Å². The quantitative estimate of drug-likeness (QED) is 0.384. The molecule has 0 fully saturated rings. The second-order valence-corrected chi connectivity index (χ2v) is 10.3. The SMILES string of the molecule is O=S(=O)(Nc1cccnn1)c1ccc2c(c1)OCCC2c1ccc(C(F)(F)F)cc1-c1nccs1. The maximum absolute atomic E-state index is 13.4. The summed E-state index contributed by atoms with van der Waals surface area (Å²) in [7, 11) is -3.96. The van der Waals surface area contributed by atoms with Gasteiger partial charge in [-0.25, -0.2) is 13.4 Å². The lowest BCUT2D eigenvalue weighted by Gasteiger charge is -2.28. The lowest BCUT2D eigenvalue weighted by molar-refractivity contribution is -0.137. The third kappa shape index (κ3) is 4.71. The van der Waals surface area contributed by atoms with Crippen LogP contribution < -0.4 is 9.46 Å². The summed E-state index contributed by atoms with van der Waals surface area (Å²) < 4.78 is 74.1. The van der Waals surface area contributed by atoms with Crippen LogP contribution in [0.15, 0.2) is 71.2 Å². The molecule has 2 aromatic heterocycles. The average Bonchev–Trinajstić information content (AvgIpc) is 3.38. The lowest BCUT2D eigenvalue weighted by Crippen LogP contribution is -2.18. The van der Waals surface area contributed by atoms with E-state index in [1.807, 2.05) is 0 Å². The summed E-state index contributed by atoms with van der Waals surface area (Å²) in [6.45, 7) is 0.275. The number of halogens is 3. The van der Waals surface area contributed by atoms with Crippen molar-refractivity contribution in [1.82, 2.24) is 15.2 Å². The molecule has 2 aromatic carbocycles. The standard InChI is InChI=1S/C23H17F3N4O3S2/c24-23(25,26)14-3-5-16(19(12-14)22-27-9-11-34-22)17-7-10-33-20-13-15(4-6-18(17)20)35(31,32)30-21-2-1-8-28-29-21/h1-6,8-9,11-13,17H,7,10H2,(H,29,30). The van der Waals surface area contributed by atoms with E-state index < -0.39 is 21.8 Å². The number of aromatic nitrogens is 3. The number of alkyl halides is 3. The van der Waals surface area contributed by atoms with Gasteiger partial charge in [0.1, 0.15) is 10.8 Å². The number of thiazole rings is 1. The fraction of sp³-hybridized carbons (Fsp3) is 0.174. The monoisotopic (exact) mass is 518 g/mol. The first-order valence-electron chi connectivity index (χ1n) is 10.4. The minimum atomic E-state index is -4.49. The zero-order valence-electron chi connectivity index (χ0n) is 17.9. The van der Waals surface area contributed by atoms with Crippen molar-refractivity contribution >= 4 is 27.2 Å². The Labute approximate surface area is 202 Å². The van der Waals surface area contributed by atoms with E-state index in [0.29, 0.717) is 33.9 Å². The van der Waals surface area contributed by atoms with Gasteiger partial charge >= 0.3 is 6.18 Å². The molecule has 3 heterocycles. The topological polar surface area (TPSA) is 94.1 Å². The first-order valence-corrected chi connectivity index (χ1v) is 12.8. The van der Waals surface area contributed by atoms with Crippen LogP contribution in [0.5, 0.6) is 5.75 Å². The average molecular weight is 519 g/mol. The molecule has 4 aromatic rings. The van der Waals surface area contributed by atoms with E-state index in [-0.39, 0.29) is 23.2 Å². The number of nitrogens with zero attached hydrogens (tertiary/aromatic N) is 3. The zero-order valence-corrected chi connectivity index (χ0v) is 19.5. The molecule has 180 valence electrons. The number of hydrogen-bond acceptors (Lipinski definition) is 7. The molecule has 1 aliphatic rings. The van der Waals surface area contributed by atoms with Crippen LogP contribution in [0.4, 0.5) is 19.0 Å². The fourth-order valence-electron chi connectivity index (χ4n) is 3.99. The minimum Gasteiger partial charge on any atom is -0.493 e. The summed E-state index contributed by atoms with van der Waals surface area (Å²) >= 11 is 1.25. The maximum atomic E-state index is 13.4. The summed E-state index contributed by atoms with van der Waals surface area (Å²) in [5.74, 6) is 0.125. The highest BCUT2D eigenvalue weighted by Gasteiger charge is 2.33. The van der Waals surface area contributed by atoms with Crippen molar-refractivity contribution < 1.29 is 26.3 Å². The molecule has 0 spiro atoms. The van der Waals surface area contributed by atoms with E-state index in [9.17, 15) is 21.6 Å². The fourth-order valence-corrected chi connectivity index (χ4v) is 5.68. The van der Waals surface area contributed by atoms with Crippen molar-refractivity contribution in [2.75, 3.05) is 11.3 Å². The van der Waals surface area contributed by atoms with Gasteiger partial charge in [0, 0.05) is 40.9 Å². The zero-order chi connectivity index (χ0) is 24.6. The van der Waals surface area contributed by atoms with E-state index >= 15 is 0 Å². The van der Waals surface area contributed by atoms with E-state index in [2.05, 4.69) is 19.9 Å². The minimum absolute atomic E-state index is 0.0323. The molecule has 1 atom stereocenters. The Bertz CT molecular complexity index is 1460. The molecular weight excluding hydrogens is 501 g/mol. The number of benzene rings is 2. The highest BCUT2D eigenvalue weighted by molar-refractivity contribution is 7.92. The molecule has 7 nitrogen and oxygen atoms in total. The Morgan fingerprint density at radius 2 is 1.89 bits per heavy atom. The summed E-state index contributed by atoms with van der Waals surface area (Å²) in [4.78, 5) is 4.20. The Morgan fingerprint density at radius 1 is 1.06 bits per heavy atom. The summed E-state index contributed by atoms with van der Waals surface area (Å²) in [6.07, 6.45) is -1.01. The number of hydrogen-bond donors (Lipinski definition) is 1. The van der Waals surface area contributed by atoms with Gasteiger partial charge in [0.15, 0.2) is 5.82 Å². The predicted molar refractivity (Wildman–Crippen MR) is 124 cm³/mol. The second kappa shape index (κ2) is 8.93. The van der Waals surface area contributed by atoms with Crippen molar-refractivity contribution in [3.63, 3.8) is 0 Å². The van der Waals surface area contributed by atoms with Gasteiger partial charge in [0.2, 0.25) is 0 Å². The van der Waals surface area contributed by atoms with Crippen LogP contribution in [0.2, 0.25) is 0 Å². The second-order valence-electron chi connectivity index (χ2n) is 7.74. The summed E-state index contributed by atoms with van der Waals surface area (Å²) in [5.41, 5.74) is 1.00. The smallest absolute Gasteiger partial charge is 0.416 e. The van der Waals surface area contributed by atoms with Crippen molar-refractivity contribution in [2.45, 2.75) is 23.4 Å². The van der Waals surface area contributed by atoms with Gasteiger partial charge in [-0.15, -0.1) is 16.4 Å².